The van der Waals surface area contributed by atoms with Crippen molar-refractivity contribution in [2.24, 2.45) is 0 Å². The fraction of sp³-hybridized carbons (Fsp3) is 0.348. The quantitative estimate of drug-likeness (QED) is 0.738. The highest BCUT2D eigenvalue weighted by Crippen LogP contribution is 2.41. The third-order valence-electron chi connectivity index (χ3n) is 5.32. The molecule has 4 nitrogen and oxygen atoms in total. The number of hydrogen-bond donors (Lipinski definition) is 2. The van der Waals surface area contributed by atoms with E-state index in [4.69, 9.17) is 4.74 Å². The maximum absolute atomic E-state index is 11.0. The molecule has 2 heterocycles. The summed E-state index contributed by atoms with van der Waals surface area (Å²) in [7, 11) is 0. The van der Waals surface area contributed by atoms with Gasteiger partial charge in [0.05, 0.1) is 11.6 Å². The molecule has 0 saturated carbocycles. The van der Waals surface area contributed by atoms with Crippen LogP contribution in [0.3, 0.4) is 0 Å². The molecule has 0 aliphatic carbocycles. The largest absolute Gasteiger partial charge is 0.485 e. The smallest absolute Gasteiger partial charge is 0.131 e. The fourth-order valence-corrected chi connectivity index (χ4v) is 3.75. The Morgan fingerprint density at radius 2 is 1.89 bits per heavy atom. The van der Waals surface area contributed by atoms with E-state index in [1.807, 2.05) is 39.0 Å². The molecule has 27 heavy (non-hydrogen) atoms. The molecule has 1 aliphatic heterocycles. The molecule has 2 aromatic carbocycles. The van der Waals surface area contributed by atoms with E-state index in [2.05, 4.69) is 46.7 Å². The van der Waals surface area contributed by atoms with E-state index in [1.165, 1.54) is 5.56 Å². The molecule has 3 aromatic rings. The number of nitrogens with one attached hydrogen (secondary N) is 1. The van der Waals surface area contributed by atoms with E-state index in [1.54, 1.807) is 0 Å². The minimum atomic E-state index is -0.663. The lowest BCUT2D eigenvalue weighted by molar-refractivity contribution is -0.0642. The van der Waals surface area contributed by atoms with E-state index >= 15 is 0 Å². The lowest BCUT2D eigenvalue weighted by atomic mass is 9.86. The highest BCUT2D eigenvalue weighted by atomic mass is 16.5. The zero-order valence-corrected chi connectivity index (χ0v) is 16.1. The number of aryl methyl sites for hydroxylation is 1. The maximum Gasteiger partial charge on any atom is 0.131 e. The summed E-state index contributed by atoms with van der Waals surface area (Å²) in [5.74, 6) is 0.820. The van der Waals surface area contributed by atoms with Gasteiger partial charge >= 0.3 is 0 Å². The van der Waals surface area contributed by atoms with Crippen molar-refractivity contribution in [3.05, 3.63) is 71.4 Å². The second-order valence-corrected chi connectivity index (χ2v) is 7.85. The molecule has 0 unspecified atom stereocenters. The summed E-state index contributed by atoms with van der Waals surface area (Å²) in [5, 5.41) is 15.6. The van der Waals surface area contributed by atoms with E-state index in [0.717, 1.165) is 40.9 Å². The minimum Gasteiger partial charge on any atom is -0.485 e. The van der Waals surface area contributed by atoms with Crippen molar-refractivity contribution in [3.8, 4) is 5.75 Å². The fourth-order valence-electron chi connectivity index (χ4n) is 3.75. The van der Waals surface area contributed by atoms with E-state index in [0.29, 0.717) is 0 Å². The number of pyridine rings is 1. The van der Waals surface area contributed by atoms with Gasteiger partial charge < -0.3 is 15.2 Å². The van der Waals surface area contributed by atoms with Gasteiger partial charge in [0.15, 0.2) is 0 Å². The number of aliphatic hydroxyl groups is 1. The topological polar surface area (TPSA) is 54.4 Å². The second-order valence-electron chi connectivity index (χ2n) is 7.85. The SMILES string of the molecule is Cc1ccc2cc3c(cc2n1)[C@H](NCCc1ccccc1)[C@@H](O)C(C)(C)O3. The molecule has 2 N–H and O–H groups in total. The molecular formula is C23H26N2O2. The van der Waals surface area contributed by atoms with Crippen LogP contribution in [0, 0.1) is 6.92 Å². The van der Waals surface area contributed by atoms with Crippen molar-refractivity contribution in [3.63, 3.8) is 0 Å². The van der Waals surface area contributed by atoms with Crippen molar-refractivity contribution in [1.29, 1.82) is 0 Å². The molecule has 1 aromatic heterocycles. The van der Waals surface area contributed by atoms with Crippen LogP contribution in [0.2, 0.25) is 0 Å². The van der Waals surface area contributed by atoms with Gasteiger partial charge in [-0.3, -0.25) is 4.98 Å². The van der Waals surface area contributed by atoms with Crippen molar-refractivity contribution in [2.75, 3.05) is 6.54 Å². The van der Waals surface area contributed by atoms with Crippen molar-refractivity contribution in [2.45, 2.75) is 44.9 Å². The first-order valence-electron chi connectivity index (χ1n) is 9.50. The lowest BCUT2D eigenvalue weighted by Gasteiger charge is -2.42. The predicted molar refractivity (Wildman–Crippen MR) is 108 cm³/mol. The number of aliphatic hydroxyl groups excluding tert-OH is 1. The Morgan fingerprint density at radius 1 is 1.11 bits per heavy atom. The highest BCUT2D eigenvalue weighted by molar-refractivity contribution is 5.82. The van der Waals surface area contributed by atoms with E-state index in [9.17, 15) is 5.11 Å². The first kappa shape index (κ1) is 18.0. The Bertz CT molecular complexity index is 953. The Morgan fingerprint density at radius 3 is 2.67 bits per heavy atom. The van der Waals surface area contributed by atoms with Gasteiger partial charge in [-0.15, -0.1) is 0 Å². The molecular weight excluding hydrogens is 336 g/mol. The van der Waals surface area contributed by atoms with Crippen LogP contribution in [0.25, 0.3) is 10.9 Å². The summed E-state index contributed by atoms with van der Waals surface area (Å²) in [5.41, 5.74) is 3.50. The van der Waals surface area contributed by atoms with Gasteiger partial charge in [-0.05, 0) is 57.5 Å². The van der Waals surface area contributed by atoms with Crippen LogP contribution in [0.4, 0.5) is 0 Å². The molecule has 0 spiro atoms. The molecule has 0 saturated heterocycles. The van der Waals surface area contributed by atoms with Crippen LogP contribution in [0.15, 0.2) is 54.6 Å². The van der Waals surface area contributed by atoms with Crippen molar-refractivity contribution >= 4 is 10.9 Å². The predicted octanol–water partition coefficient (Wildman–Crippen LogP) is 3.95. The third-order valence-corrected chi connectivity index (χ3v) is 5.32. The normalized spacial score (nSPS) is 20.9. The molecule has 2 atom stereocenters. The molecule has 140 valence electrons. The average molecular weight is 362 g/mol. The van der Waals surface area contributed by atoms with Crippen molar-refractivity contribution < 1.29 is 9.84 Å². The Balaban J connectivity index is 1.65. The standard InChI is InChI=1S/C23H26N2O2/c1-15-9-10-17-13-20-18(14-19(17)25-15)21(22(26)23(2,3)27-20)24-12-11-16-7-5-4-6-8-16/h4-10,13-14,21-22,24,26H,11-12H2,1-3H3/t21-,22+/m0/s1. The van der Waals surface area contributed by atoms with E-state index in [-0.39, 0.29) is 6.04 Å². The monoisotopic (exact) mass is 362 g/mol. The number of hydrogen-bond acceptors (Lipinski definition) is 4. The zero-order valence-electron chi connectivity index (χ0n) is 16.1. The number of fused-ring (bicyclic) bond motifs is 2. The van der Waals surface area contributed by atoms with Gasteiger partial charge in [0.2, 0.25) is 0 Å². The molecule has 0 fully saturated rings. The average Bonchev–Trinajstić information content (AvgIpc) is 2.64. The lowest BCUT2D eigenvalue weighted by Crippen LogP contribution is -2.52. The number of rotatable bonds is 4. The molecule has 0 radical (unpaired) electrons. The number of benzene rings is 2. The molecule has 0 amide bonds. The summed E-state index contributed by atoms with van der Waals surface area (Å²) in [6.45, 7) is 6.64. The molecule has 0 bridgehead atoms. The van der Waals surface area contributed by atoms with Crippen LogP contribution in [0.5, 0.6) is 5.75 Å². The van der Waals surface area contributed by atoms with Crippen LogP contribution in [-0.2, 0) is 6.42 Å². The molecule has 4 heteroatoms. The number of aromatic nitrogens is 1. The van der Waals surface area contributed by atoms with Gasteiger partial charge in [0, 0.05) is 16.6 Å². The minimum absolute atomic E-state index is 0.195. The summed E-state index contributed by atoms with van der Waals surface area (Å²) < 4.78 is 6.15. The second kappa shape index (κ2) is 6.95. The summed E-state index contributed by atoms with van der Waals surface area (Å²) in [6, 6.07) is 18.4. The first-order valence-corrected chi connectivity index (χ1v) is 9.50. The van der Waals surface area contributed by atoms with Gasteiger partial charge in [-0.1, -0.05) is 36.4 Å². The van der Waals surface area contributed by atoms with Crippen LogP contribution in [-0.4, -0.2) is 28.3 Å². The summed E-state index contributed by atoms with van der Waals surface area (Å²) in [6.07, 6.45) is 0.258. The van der Waals surface area contributed by atoms with Crippen LogP contribution >= 0.6 is 0 Å². The summed E-state index contributed by atoms with van der Waals surface area (Å²) >= 11 is 0. The van der Waals surface area contributed by atoms with Crippen molar-refractivity contribution in [1.82, 2.24) is 10.3 Å². The van der Waals surface area contributed by atoms with Gasteiger partial charge in [0.25, 0.3) is 0 Å². The Labute approximate surface area is 160 Å². The Hall–Kier alpha value is -2.43. The maximum atomic E-state index is 11.0. The Kier molecular flexibility index (Phi) is 4.62. The van der Waals surface area contributed by atoms with Gasteiger partial charge in [0.1, 0.15) is 17.5 Å². The first-order chi connectivity index (χ1) is 12.9. The zero-order chi connectivity index (χ0) is 19.0. The number of ether oxygens (including phenoxy) is 1. The molecule has 4 rings (SSSR count). The highest BCUT2D eigenvalue weighted by Gasteiger charge is 2.42. The van der Waals surface area contributed by atoms with Gasteiger partial charge in [-0.25, -0.2) is 0 Å². The number of nitrogens with zero attached hydrogens (tertiary/aromatic N) is 1. The summed E-state index contributed by atoms with van der Waals surface area (Å²) in [4.78, 5) is 4.64. The molecule has 1 aliphatic rings. The van der Waals surface area contributed by atoms with Crippen LogP contribution in [0.1, 0.15) is 36.7 Å². The van der Waals surface area contributed by atoms with Crippen LogP contribution < -0.4 is 10.1 Å². The third kappa shape index (κ3) is 3.55. The van der Waals surface area contributed by atoms with Gasteiger partial charge in [-0.2, -0.15) is 0 Å². The van der Waals surface area contributed by atoms with E-state index < -0.39 is 11.7 Å².